The third-order valence-electron chi connectivity index (χ3n) is 4.41. The molecule has 0 aliphatic carbocycles. The van der Waals surface area contributed by atoms with Crippen molar-refractivity contribution < 1.29 is 4.79 Å². The molecule has 1 aliphatic heterocycles. The van der Waals surface area contributed by atoms with Crippen molar-refractivity contribution in [3.63, 3.8) is 0 Å². The first kappa shape index (κ1) is 15.8. The van der Waals surface area contributed by atoms with E-state index in [4.69, 9.17) is 0 Å². The molecule has 1 fully saturated rings. The fourth-order valence-electron chi connectivity index (χ4n) is 3.22. The van der Waals surface area contributed by atoms with Crippen molar-refractivity contribution in [2.45, 2.75) is 26.3 Å². The molecule has 2 aromatic carbocycles. The molecule has 0 unspecified atom stereocenters. The number of benzene rings is 2. The summed E-state index contributed by atoms with van der Waals surface area (Å²) in [6, 6.07) is 18.5. The van der Waals surface area contributed by atoms with Gasteiger partial charge in [-0.25, -0.2) is 0 Å². The molecule has 3 heteroatoms. The molecule has 0 radical (unpaired) electrons. The third-order valence-corrected chi connectivity index (χ3v) is 4.41. The van der Waals surface area contributed by atoms with Gasteiger partial charge in [-0.2, -0.15) is 0 Å². The third kappa shape index (κ3) is 4.42. The van der Waals surface area contributed by atoms with Crippen LogP contribution in [0.25, 0.3) is 0 Å². The van der Waals surface area contributed by atoms with Crippen LogP contribution < -0.4 is 5.32 Å². The maximum Gasteiger partial charge on any atom is 0.228 e. The number of likely N-dealkylation sites (tertiary alicyclic amines) is 1. The summed E-state index contributed by atoms with van der Waals surface area (Å²) >= 11 is 0. The van der Waals surface area contributed by atoms with Crippen LogP contribution in [0.15, 0.2) is 54.6 Å². The number of piperidine rings is 1. The van der Waals surface area contributed by atoms with Gasteiger partial charge in [0.15, 0.2) is 0 Å². The molecular formula is C20H24N2O. The lowest BCUT2D eigenvalue weighted by atomic mass is 9.96. The minimum absolute atomic E-state index is 0.0768. The zero-order chi connectivity index (χ0) is 16.1. The number of nitrogens with one attached hydrogen (secondary N) is 1. The molecule has 1 amide bonds. The molecule has 3 nitrogen and oxygen atoms in total. The molecule has 1 aliphatic rings. The van der Waals surface area contributed by atoms with Crippen molar-refractivity contribution in [3.05, 3.63) is 65.7 Å². The quantitative estimate of drug-likeness (QED) is 0.930. The van der Waals surface area contributed by atoms with Crippen molar-refractivity contribution >= 4 is 11.6 Å². The highest BCUT2D eigenvalue weighted by Crippen LogP contribution is 2.20. The van der Waals surface area contributed by atoms with Gasteiger partial charge in [-0.05, 0) is 49.6 Å². The molecule has 0 saturated carbocycles. The Bertz CT molecular complexity index is 654. The lowest BCUT2D eigenvalue weighted by Gasteiger charge is -2.32. The van der Waals surface area contributed by atoms with E-state index in [1.807, 2.05) is 37.3 Å². The van der Waals surface area contributed by atoms with Crippen LogP contribution in [0.5, 0.6) is 0 Å². The minimum Gasteiger partial charge on any atom is -0.326 e. The Morgan fingerprint density at radius 1 is 1.17 bits per heavy atom. The van der Waals surface area contributed by atoms with E-state index in [9.17, 15) is 4.79 Å². The highest BCUT2D eigenvalue weighted by Gasteiger charge is 2.25. The summed E-state index contributed by atoms with van der Waals surface area (Å²) in [5.74, 6) is 0.223. The normalized spacial score (nSPS) is 18.6. The first-order valence-corrected chi connectivity index (χ1v) is 8.34. The number of hydrogen-bond acceptors (Lipinski definition) is 2. The van der Waals surface area contributed by atoms with E-state index >= 15 is 0 Å². The van der Waals surface area contributed by atoms with Crippen LogP contribution in [-0.4, -0.2) is 23.9 Å². The summed E-state index contributed by atoms with van der Waals surface area (Å²) in [7, 11) is 0. The van der Waals surface area contributed by atoms with E-state index in [-0.39, 0.29) is 11.8 Å². The van der Waals surface area contributed by atoms with Crippen molar-refractivity contribution in [1.82, 2.24) is 4.90 Å². The van der Waals surface area contributed by atoms with Crippen molar-refractivity contribution in [1.29, 1.82) is 0 Å². The first-order chi connectivity index (χ1) is 11.2. The zero-order valence-corrected chi connectivity index (χ0v) is 13.7. The Kier molecular flexibility index (Phi) is 5.09. The van der Waals surface area contributed by atoms with Gasteiger partial charge in [0.1, 0.15) is 0 Å². The van der Waals surface area contributed by atoms with Crippen LogP contribution in [0, 0.1) is 12.8 Å². The molecule has 0 spiro atoms. The largest absolute Gasteiger partial charge is 0.326 e. The number of aryl methyl sites for hydroxylation is 1. The number of carbonyl (C=O) groups is 1. The zero-order valence-electron chi connectivity index (χ0n) is 13.7. The summed E-state index contributed by atoms with van der Waals surface area (Å²) in [6.45, 7) is 4.88. The van der Waals surface area contributed by atoms with Gasteiger partial charge in [-0.1, -0.05) is 42.5 Å². The van der Waals surface area contributed by atoms with Crippen molar-refractivity contribution in [2.75, 3.05) is 18.4 Å². The second-order valence-electron chi connectivity index (χ2n) is 6.42. The topological polar surface area (TPSA) is 32.3 Å². The Labute approximate surface area is 138 Å². The molecule has 23 heavy (non-hydrogen) atoms. The standard InChI is InChI=1S/C20H24N2O/c1-16-7-5-11-19(13-16)21-20(23)18-10-6-12-22(15-18)14-17-8-3-2-4-9-17/h2-5,7-9,11,13,18H,6,10,12,14-15H2,1H3,(H,21,23)/t18-/m0/s1. The van der Waals surface area contributed by atoms with Gasteiger partial charge in [0.05, 0.1) is 5.92 Å². The number of nitrogens with zero attached hydrogens (tertiary/aromatic N) is 1. The molecule has 1 saturated heterocycles. The lowest BCUT2D eigenvalue weighted by molar-refractivity contribution is -0.121. The Balaban J connectivity index is 1.58. The second kappa shape index (κ2) is 7.42. The highest BCUT2D eigenvalue weighted by atomic mass is 16.1. The van der Waals surface area contributed by atoms with E-state index < -0.39 is 0 Å². The smallest absolute Gasteiger partial charge is 0.228 e. The van der Waals surface area contributed by atoms with Gasteiger partial charge in [0.25, 0.3) is 0 Å². The van der Waals surface area contributed by atoms with Crippen LogP contribution in [0.3, 0.4) is 0 Å². The average molecular weight is 308 g/mol. The molecule has 1 N–H and O–H groups in total. The SMILES string of the molecule is Cc1cccc(NC(=O)[C@H]2CCCN(Cc3ccccc3)C2)c1. The molecule has 2 aromatic rings. The molecule has 3 rings (SSSR count). The summed E-state index contributed by atoms with van der Waals surface area (Å²) in [4.78, 5) is 14.9. The predicted molar refractivity (Wildman–Crippen MR) is 94.3 cm³/mol. The van der Waals surface area contributed by atoms with Crippen LogP contribution >= 0.6 is 0 Å². The van der Waals surface area contributed by atoms with E-state index in [0.717, 1.165) is 43.7 Å². The van der Waals surface area contributed by atoms with Crippen LogP contribution in [0.4, 0.5) is 5.69 Å². The highest BCUT2D eigenvalue weighted by molar-refractivity contribution is 5.92. The van der Waals surface area contributed by atoms with Crippen molar-refractivity contribution in [3.8, 4) is 0 Å². The number of amides is 1. The van der Waals surface area contributed by atoms with Gasteiger partial charge < -0.3 is 5.32 Å². The van der Waals surface area contributed by atoms with E-state index in [0.29, 0.717) is 0 Å². The first-order valence-electron chi connectivity index (χ1n) is 8.34. The second-order valence-corrected chi connectivity index (χ2v) is 6.42. The van der Waals surface area contributed by atoms with E-state index in [1.165, 1.54) is 5.56 Å². The number of anilines is 1. The van der Waals surface area contributed by atoms with Gasteiger partial charge in [-0.3, -0.25) is 9.69 Å². The molecular weight excluding hydrogens is 284 g/mol. The lowest BCUT2D eigenvalue weighted by Crippen LogP contribution is -2.40. The van der Waals surface area contributed by atoms with Crippen molar-refractivity contribution in [2.24, 2.45) is 5.92 Å². The molecule has 120 valence electrons. The number of hydrogen-bond donors (Lipinski definition) is 1. The molecule has 0 aromatic heterocycles. The Morgan fingerprint density at radius 3 is 2.78 bits per heavy atom. The molecule has 0 bridgehead atoms. The monoisotopic (exact) mass is 308 g/mol. The maximum absolute atomic E-state index is 12.5. The van der Waals surface area contributed by atoms with Gasteiger partial charge in [0, 0.05) is 18.8 Å². The summed E-state index contributed by atoms with van der Waals surface area (Å²) < 4.78 is 0. The van der Waals surface area contributed by atoms with Crippen LogP contribution in [-0.2, 0) is 11.3 Å². The number of carbonyl (C=O) groups excluding carboxylic acids is 1. The van der Waals surface area contributed by atoms with Gasteiger partial charge in [0.2, 0.25) is 5.91 Å². The van der Waals surface area contributed by atoms with E-state index in [1.54, 1.807) is 0 Å². The van der Waals surface area contributed by atoms with Crippen LogP contribution in [0.1, 0.15) is 24.0 Å². The summed E-state index contributed by atoms with van der Waals surface area (Å²) in [5.41, 5.74) is 3.37. The molecule has 1 heterocycles. The fourth-order valence-corrected chi connectivity index (χ4v) is 3.22. The van der Waals surface area contributed by atoms with Gasteiger partial charge >= 0.3 is 0 Å². The summed E-state index contributed by atoms with van der Waals surface area (Å²) in [6.07, 6.45) is 2.06. The van der Waals surface area contributed by atoms with E-state index in [2.05, 4.69) is 34.5 Å². The fraction of sp³-hybridized carbons (Fsp3) is 0.350. The Hall–Kier alpha value is -2.13. The average Bonchev–Trinajstić information content (AvgIpc) is 2.56. The minimum atomic E-state index is 0.0768. The Morgan fingerprint density at radius 2 is 2.00 bits per heavy atom. The maximum atomic E-state index is 12.5. The predicted octanol–water partition coefficient (Wildman–Crippen LogP) is 3.85. The number of rotatable bonds is 4. The summed E-state index contributed by atoms with van der Waals surface area (Å²) in [5, 5.41) is 3.07. The van der Waals surface area contributed by atoms with Gasteiger partial charge in [-0.15, -0.1) is 0 Å². The van der Waals surface area contributed by atoms with Crippen LogP contribution in [0.2, 0.25) is 0 Å². The molecule has 1 atom stereocenters.